The monoisotopic (exact) mass is 572 g/mol. The number of carbonyl (C=O) groups excluding carboxylic acids is 1. The van der Waals surface area contributed by atoms with Crippen molar-refractivity contribution in [2.24, 2.45) is 0 Å². The van der Waals surface area contributed by atoms with Gasteiger partial charge < -0.3 is 30.7 Å². The quantitative estimate of drug-likeness (QED) is 0.198. The van der Waals surface area contributed by atoms with E-state index in [1.165, 1.54) is 31.9 Å². The fourth-order valence-corrected chi connectivity index (χ4v) is 5.80. The summed E-state index contributed by atoms with van der Waals surface area (Å²) < 4.78 is 11.3. The Hall–Kier alpha value is -3.31. The maximum atomic E-state index is 13.3. The third kappa shape index (κ3) is 5.44. The molecule has 4 N–H and O–H groups in total. The minimum atomic E-state index is -0.423. The molecule has 1 saturated heterocycles. The van der Waals surface area contributed by atoms with Crippen molar-refractivity contribution < 1.29 is 14.3 Å². The van der Waals surface area contributed by atoms with E-state index in [9.17, 15) is 4.79 Å². The van der Waals surface area contributed by atoms with Crippen molar-refractivity contribution >= 4 is 73.5 Å². The van der Waals surface area contributed by atoms with Crippen LogP contribution in [0.1, 0.15) is 23.2 Å². The average Bonchev–Trinajstić information content (AvgIpc) is 3.38. The maximum absolute atomic E-state index is 13.3. The van der Waals surface area contributed by atoms with Crippen LogP contribution in [0, 0.1) is 0 Å². The number of carbonyl (C=O) groups is 1. The van der Waals surface area contributed by atoms with Gasteiger partial charge in [-0.25, -0.2) is 9.97 Å². The first kappa shape index (κ1) is 26.3. The van der Waals surface area contributed by atoms with E-state index in [1.807, 2.05) is 24.3 Å². The number of piperidine rings is 1. The Bertz CT molecular complexity index is 1430. The van der Waals surface area contributed by atoms with Gasteiger partial charge in [-0.1, -0.05) is 23.2 Å². The smallest absolute Gasteiger partial charge is 0.258 e. The maximum Gasteiger partial charge on any atom is 0.258 e. The molecule has 5 rings (SSSR count). The van der Waals surface area contributed by atoms with Crippen LogP contribution in [0.5, 0.6) is 11.5 Å². The molecule has 2 aromatic carbocycles. The number of nitrogens with zero attached hydrogens (tertiary/aromatic N) is 2. The number of ether oxygens (including phenoxy) is 2. The highest BCUT2D eigenvalue weighted by Gasteiger charge is 2.22. The van der Waals surface area contributed by atoms with Crippen molar-refractivity contribution in [2.75, 3.05) is 43.3 Å². The molecule has 9 nitrogen and oxygen atoms in total. The van der Waals surface area contributed by atoms with Crippen LogP contribution in [0.2, 0.25) is 10.0 Å². The number of halogens is 2. The fourth-order valence-electron chi connectivity index (χ4n) is 4.27. The molecule has 0 atom stereocenters. The fraction of sp³-hybridized carbons (Fsp3) is 0.269. The number of benzene rings is 2. The summed E-state index contributed by atoms with van der Waals surface area (Å²) >= 11 is 14.2. The molecule has 12 heteroatoms. The van der Waals surface area contributed by atoms with Gasteiger partial charge in [0.2, 0.25) is 0 Å². The number of hydrogen-bond acceptors (Lipinski definition) is 9. The standard InChI is InChI=1S/C26H26Cl2N6O3S/c1-36-18-11-19(37-2)21(28)23(20(18)27)34-26(35)17-12-38-24-22(17)30-13-31-25(24)33-15-5-3-14(4-6-15)32-16-7-9-29-10-8-16/h3-6,11-13,16,29,32H,7-10H2,1-2H3,(H,34,35)(H,30,31,33). The van der Waals surface area contributed by atoms with Gasteiger partial charge in [0, 0.05) is 28.9 Å². The molecular formula is C26H26Cl2N6O3S. The van der Waals surface area contributed by atoms with E-state index in [0.717, 1.165) is 42.0 Å². The summed E-state index contributed by atoms with van der Waals surface area (Å²) in [6.07, 6.45) is 3.64. The number of methoxy groups -OCH3 is 2. The second-order valence-corrected chi connectivity index (χ2v) is 10.3. The van der Waals surface area contributed by atoms with Crippen molar-refractivity contribution in [1.82, 2.24) is 15.3 Å². The predicted molar refractivity (Wildman–Crippen MR) is 154 cm³/mol. The van der Waals surface area contributed by atoms with Crippen LogP contribution in [0.15, 0.2) is 42.0 Å². The minimum Gasteiger partial charge on any atom is -0.495 e. The molecule has 198 valence electrons. The Balaban J connectivity index is 1.35. The van der Waals surface area contributed by atoms with Gasteiger partial charge in [0.05, 0.1) is 35.7 Å². The zero-order valence-corrected chi connectivity index (χ0v) is 23.1. The normalized spacial score (nSPS) is 13.8. The number of thiophene rings is 1. The highest BCUT2D eigenvalue weighted by molar-refractivity contribution is 7.18. The molecule has 0 aliphatic carbocycles. The van der Waals surface area contributed by atoms with Crippen LogP contribution >= 0.6 is 34.5 Å². The summed E-state index contributed by atoms with van der Waals surface area (Å²) in [6, 6.07) is 10.1. The van der Waals surface area contributed by atoms with Gasteiger partial charge >= 0.3 is 0 Å². The van der Waals surface area contributed by atoms with Gasteiger partial charge in [-0.15, -0.1) is 11.3 Å². The van der Waals surface area contributed by atoms with Gasteiger partial charge in [-0.3, -0.25) is 4.79 Å². The number of hydrogen-bond donors (Lipinski definition) is 4. The SMILES string of the molecule is COc1cc(OC)c(Cl)c(NC(=O)c2csc3c(Nc4ccc(NC5CCNCC5)cc4)ncnc23)c1Cl. The third-order valence-electron chi connectivity index (χ3n) is 6.27. The lowest BCUT2D eigenvalue weighted by molar-refractivity contribution is 0.102. The van der Waals surface area contributed by atoms with E-state index in [-0.39, 0.29) is 15.7 Å². The first-order valence-corrected chi connectivity index (χ1v) is 13.6. The molecule has 4 aromatic rings. The summed E-state index contributed by atoms with van der Waals surface area (Å²) in [5.74, 6) is 0.832. The van der Waals surface area contributed by atoms with Crippen LogP contribution in [0.3, 0.4) is 0 Å². The molecule has 1 aliphatic heterocycles. The Labute approximate surface area is 233 Å². The summed E-state index contributed by atoms with van der Waals surface area (Å²) in [4.78, 5) is 22.0. The van der Waals surface area contributed by atoms with Crippen molar-refractivity contribution in [3.63, 3.8) is 0 Å². The van der Waals surface area contributed by atoms with Crippen LogP contribution in [0.25, 0.3) is 10.2 Å². The number of nitrogens with one attached hydrogen (secondary N) is 4. The first-order valence-electron chi connectivity index (χ1n) is 12.0. The first-order chi connectivity index (χ1) is 18.5. The van der Waals surface area contributed by atoms with E-state index >= 15 is 0 Å². The van der Waals surface area contributed by atoms with Crippen LogP contribution < -0.4 is 30.7 Å². The Morgan fingerprint density at radius 1 is 1.03 bits per heavy atom. The zero-order valence-electron chi connectivity index (χ0n) is 20.7. The van der Waals surface area contributed by atoms with Gasteiger partial charge in [-0.2, -0.15) is 0 Å². The summed E-state index contributed by atoms with van der Waals surface area (Å²) in [6.45, 7) is 2.07. The van der Waals surface area contributed by atoms with Crippen molar-refractivity contribution in [1.29, 1.82) is 0 Å². The highest BCUT2D eigenvalue weighted by Crippen LogP contribution is 2.44. The highest BCUT2D eigenvalue weighted by atomic mass is 35.5. The molecule has 0 saturated carbocycles. The van der Waals surface area contributed by atoms with E-state index in [2.05, 4.69) is 31.2 Å². The third-order valence-corrected chi connectivity index (χ3v) is 7.99. The average molecular weight is 574 g/mol. The lowest BCUT2D eigenvalue weighted by atomic mass is 10.1. The number of aromatic nitrogens is 2. The minimum absolute atomic E-state index is 0.168. The number of anilines is 4. The van der Waals surface area contributed by atoms with E-state index in [1.54, 1.807) is 11.4 Å². The molecule has 0 unspecified atom stereocenters. The topological polar surface area (TPSA) is 109 Å². The lowest BCUT2D eigenvalue weighted by Crippen LogP contribution is -2.35. The number of fused-ring (bicyclic) bond motifs is 1. The van der Waals surface area contributed by atoms with Crippen LogP contribution in [-0.4, -0.2) is 49.2 Å². The van der Waals surface area contributed by atoms with Gasteiger partial charge in [0.25, 0.3) is 5.91 Å². The molecule has 0 bridgehead atoms. The molecular weight excluding hydrogens is 547 g/mol. The van der Waals surface area contributed by atoms with Gasteiger partial charge in [0.1, 0.15) is 27.9 Å². The molecule has 1 fully saturated rings. The number of amides is 1. The molecule has 0 radical (unpaired) electrons. The lowest BCUT2D eigenvalue weighted by Gasteiger charge is -2.24. The predicted octanol–water partition coefficient (Wildman–Crippen LogP) is 6.18. The molecule has 0 spiro atoms. The summed E-state index contributed by atoms with van der Waals surface area (Å²) in [5, 5.41) is 15.2. The van der Waals surface area contributed by atoms with Crippen molar-refractivity contribution in [2.45, 2.75) is 18.9 Å². The Morgan fingerprint density at radius 3 is 2.34 bits per heavy atom. The summed E-state index contributed by atoms with van der Waals surface area (Å²) in [5.41, 5.74) is 3.03. The van der Waals surface area contributed by atoms with E-state index in [0.29, 0.717) is 34.4 Å². The zero-order chi connectivity index (χ0) is 26.6. The van der Waals surface area contributed by atoms with Crippen molar-refractivity contribution in [3.05, 3.63) is 57.6 Å². The van der Waals surface area contributed by atoms with Gasteiger partial charge in [0.15, 0.2) is 5.82 Å². The Kier molecular flexibility index (Phi) is 8.04. The summed E-state index contributed by atoms with van der Waals surface area (Å²) in [7, 11) is 2.94. The van der Waals surface area contributed by atoms with E-state index < -0.39 is 5.91 Å². The van der Waals surface area contributed by atoms with Gasteiger partial charge in [-0.05, 0) is 50.2 Å². The number of rotatable bonds is 8. The molecule has 3 heterocycles. The molecule has 1 amide bonds. The second-order valence-electron chi connectivity index (χ2n) is 8.66. The molecule has 38 heavy (non-hydrogen) atoms. The Morgan fingerprint density at radius 2 is 1.68 bits per heavy atom. The second kappa shape index (κ2) is 11.6. The van der Waals surface area contributed by atoms with Crippen LogP contribution in [-0.2, 0) is 0 Å². The molecule has 1 aliphatic rings. The van der Waals surface area contributed by atoms with Crippen LogP contribution in [0.4, 0.5) is 22.9 Å². The van der Waals surface area contributed by atoms with E-state index in [4.69, 9.17) is 32.7 Å². The largest absolute Gasteiger partial charge is 0.495 e. The van der Waals surface area contributed by atoms with Crippen molar-refractivity contribution in [3.8, 4) is 11.5 Å². The molecule has 2 aromatic heterocycles.